The second-order valence-corrected chi connectivity index (χ2v) is 4.35. The fraction of sp³-hybridized carbons (Fsp3) is 0.636. The Hall–Kier alpha value is -1.43. The number of carbonyl (C=O) groups is 1. The molecule has 0 radical (unpaired) electrons. The van der Waals surface area contributed by atoms with Gasteiger partial charge in [0.2, 0.25) is 0 Å². The third-order valence-corrected chi connectivity index (χ3v) is 2.55. The maximum atomic E-state index is 14.0. The van der Waals surface area contributed by atoms with Crippen molar-refractivity contribution in [2.24, 2.45) is 10.7 Å². The van der Waals surface area contributed by atoms with E-state index in [0.717, 1.165) is 13.0 Å². The number of amides is 1. The van der Waals surface area contributed by atoms with E-state index < -0.39 is 11.7 Å². The van der Waals surface area contributed by atoms with E-state index in [0.29, 0.717) is 13.1 Å². The van der Waals surface area contributed by atoms with Gasteiger partial charge in [0.25, 0.3) is 5.91 Å². The van der Waals surface area contributed by atoms with Crippen molar-refractivity contribution in [3.8, 4) is 0 Å². The third-order valence-electron chi connectivity index (χ3n) is 2.55. The molecule has 6 heteroatoms. The van der Waals surface area contributed by atoms with Gasteiger partial charge in [0.05, 0.1) is 5.71 Å². The molecule has 96 valence electrons. The molecule has 0 aromatic carbocycles. The van der Waals surface area contributed by atoms with Gasteiger partial charge in [0.15, 0.2) is 5.83 Å². The van der Waals surface area contributed by atoms with Gasteiger partial charge < -0.3 is 15.5 Å². The lowest BCUT2D eigenvalue weighted by Crippen LogP contribution is -2.31. The van der Waals surface area contributed by atoms with Crippen molar-refractivity contribution in [3.05, 3.63) is 11.5 Å². The predicted molar refractivity (Wildman–Crippen MR) is 65.4 cm³/mol. The predicted octanol–water partition coefficient (Wildman–Crippen LogP) is -0.00910. The minimum Gasteiger partial charge on any atom is -0.392 e. The van der Waals surface area contributed by atoms with Gasteiger partial charge in [-0.25, -0.2) is 4.39 Å². The van der Waals surface area contributed by atoms with Crippen molar-refractivity contribution in [1.29, 1.82) is 0 Å². The molecule has 0 spiro atoms. The standard InChI is InChI=1S/C11H19FN4O/c1-15(2)11(17)10(13)9(12)8-7-16(3)6-4-5-14-8/h4-7,13H2,1-3H3/b10-9+. The van der Waals surface area contributed by atoms with Crippen LogP contribution in [0, 0.1) is 0 Å². The van der Waals surface area contributed by atoms with Crippen molar-refractivity contribution in [3.63, 3.8) is 0 Å². The average Bonchev–Trinajstić information content (AvgIpc) is 2.50. The van der Waals surface area contributed by atoms with Crippen molar-refractivity contribution in [2.75, 3.05) is 40.8 Å². The summed E-state index contributed by atoms with van der Waals surface area (Å²) < 4.78 is 14.0. The summed E-state index contributed by atoms with van der Waals surface area (Å²) in [6, 6.07) is 0. The summed E-state index contributed by atoms with van der Waals surface area (Å²) in [5.41, 5.74) is 5.39. The van der Waals surface area contributed by atoms with Crippen LogP contribution in [0.4, 0.5) is 4.39 Å². The number of halogens is 1. The number of aliphatic imine (C=N–C) groups is 1. The van der Waals surface area contributed by atoms with Crippen LogP contribution in [0.15, 0.2) is 16.5 Å². The minimum absolute atomic E-state index is 0.262. The molecular formula is C11H19FN4O. The molecule has 0 fully saturated rings. The van der Waals surface area contributed by atoms with Crippen LogP contribution in [0.25, 0.3) is 0 Å². The van der Waals surface area contributed by atoms with Crippen LogP contribution >= 0.6 is 0 Å². The Bertz CT molecular complexity index is 362. The van der Waals surface area contributed by atoms with Gasteiger partial charge in [-0.05, 0) is 13.5 Å². The zero-order chi connectivity index (χ0) is 13.0. The normalized spacial score (nSPS) is 19.2. The molecule has 0 aromatic heterocycles. The molecule has 0 aromatic rings. The molecule has 0 unspecified atom stereocenters. The first-order chi connectivity index (χ1) is 7.93. The van der Waals surface area contributed by atoms with Crippen LogP contribution in [0.1, 0.15) is 6.42 Å². The molecule has 1 aliphatic heterocycles. The molecule has 0 saturated heterocycles. The topological polar surface area (TPSA) is 61.9 Å². The summed E-state index contributed by atoms with van der Waals surface area (Å²) in [6.07, 6.45) is 0.884. The van der Waals surface area contributed by atoms with E-state index in [1.807, 2.05) is 11.9 Å². The van der Waals surface area contributed by atoms with Crippen LogP contribution in [0.2, 0.25) is 0 Å². The molecule has 1 heterocycles. The molecule has 17 heavy (non-hydrogen) atoms. The van der Waals surface area contributed by atoms with E-state index in [4.69, 9.17) is 5.73 Å². The first-order valence-corrected chi connectivity index (χ1v) is 5.52. The highest BCUT2D eigenvalue weighted by molar-refractivity contribution is 6.07. The van der Waals surface area contributed by atoms with E-state index >= 15 is 0 Å². The van der Waals surface area contributed by atoms with Crippen molar-refractivity contribution >= 4 is 11.6 Å². The Kier molecular flexibility index (Phi) is 4.62. The Morgan fingerprint density at radius 3 is 2.76 bits per heavy atom. The van der Waals surface area contributed by atoms with Crippen LogP contribution in [-0.2, 0) is 4.79 Å². The van der Waals surface area contributed by atoms with Gasteiger partial charge in [0.1, 0.15) is 5.70 Å². The Balaban J connectivity index is 2.93. The van der Waals surface area contributed by atoms with Crippen molar-refractivity contribution in [1.82, 2.24) is 9.80 Å². The van der Waals surface area contributed by atoms with Gasteiger partial charge >= 0.3 is 0 Å². The highest BCUT2D eigenvalue weighted by atomic mass is 19.1. The number of nitrogens with two attached hydrogens (primary N) is 1. The van der Waals surface area contributed by atoms with Crippen molar-refractivity contribution < 1.29 is 9.18 Å². The Morgan fingerprint density at radius 1 is 1.53 bits per heavy atom. The van der Waals surface area contributed by atoms with E-state index in [2.05, 4.69) is 4.99 Å². The second-order valence-electron chi connectivity index (χ2n) is 4.35. The maximum Gasteiger partial charge on any atom is 0.272 e. The maximum absolute atomic E-state index is 14.0. The number of nitrogens with zero attached hydrogens (tertiary/aromatic N) is 3. The third kappa shape index (κ3) is 3.52. The summed E-state index contributed by atoms with van der Waals surface area (Å²) >= 11 is 0. The van der Waals surface area contributed by atoms with Crippen LogP contribution in [0.5, 0.6) is 0 Å². The smallest absolute Gasteiger partial charge is 0.272 e. The highest BCUT2D eigenvalue weighted by Gasteiger charge is 2.20. The fourth-order valence-electron chi connectivity index (χ4n) is 1.57. The minimum atomic E-state index is -0.697. The molecule has 1 amide bonds. The Labute approximate surface area is 101 Å². The number of likely N-dealkylation sites (N-methyl/N-ethyl adjacent to an activating group) is 1. The summed E-state index contributed by atoms with van der Waals surface area (Å²) in [6.45, 7) is 1.81. The molecule has 2 N–H and O–H groups in total. The SMILES string of the molecule is CN1CCCN=C(/C(F)=C(\N)C(=O)N(C)C)C1. The molecule has 0 saturated carbocycles. The number of hydrogen-bond acceptors (Lipinski definition) is 4. The number of rotatable bonds is 2. The lowest BCUT2D eigenvalue weighted by atomic mass is 10.2. The monoisotopic (exact) mass is 242 g/mol. The van der Waals surface area contributed by atoms with Crippen molar-refractivity contribution in [2.45, 2.75) is 6.42 Å². The summed E-state index contributed by atoms with van der Waals surface area (Å²) in [5.74, 6) is -1.23. The summed E-state index contributed by atoms with van der Waals surface area (Å²) in [7, 11) is 4.95. The number of hydrogen-bond donors (Lipinski definition) is 1. The van der Waals surface area contributed by atoms with Gasteiger partial charge in [-0.15, -0.1) is 0 Å². The Morgan fingerprint density at radius 2 is 2.18 bits per heavy atom. The van der Waals surface area contributed by atoms with E-state index in [1.54, 1.807) is 0 Å². The molecule has 0 bridgehead atoms. The van der Waals surface area contributed by atoms with Gasteiger partial charge in [-0.2, -0.15) is 0 Å². The number of carbonyl (C=O) groups excluding carboxylic acids is 1. The van der Waals surface area contributed by atoms with Crippen LogP contribution in [0.3, 0.4) is 0 Å². The lowest BCUT2D eigenvalue weighted by molar-refractivity contribution is -0.124. The average molecular weight is 242 g/mol. The molecule has 0 atom stereocenters. The fourth-order valence-corrected chi connectivity index (χ4v) is 1.57. The quantitative estimate of drug-likeness (QED) is 0.693. The van der Waals surface area contributed by atoms with Crippen LogP contribution < -0.4 is 5.73 Å². The van der Waals surface area contributed by atoms with Gasteiger partial charge in [-0.3, -0.25) is 9.79 Å². The lowest BCUT2D eigenvalue weighted by Gasteiger charge is -2.15. The van der Waals surface area contributed by atoms with E-state index in [1.165, 1.54) is 19.0 Å². The zero-order valence-electron chi connectivity index (χ0n) is 10.5. The first-order valence-electron chi connectivity index (χ1n) is 5.52. The van der Waals surface area contributed by atoms with Gasteiger partial charge in [0, 0.05) is 33.7 Å². The molecule has 5 nitrogen and oxygen atoms in total. The van der Waals surface area contributed by atoms with Crippen LogP contribution in [-0.4, -0.2) is 62.2 Å². The second kappa shape index (κ2) is 5.77. The highest BCUT2D eigenvalue weighted by Crippen LogP contribution is 2.10. The molecule has 1 aliphatic rings. The van der Waals surface area contributed by atoms with E-state index in [-0.39, 0.29) is 11.4 Å². The zero-order valence-corrected chi connectivity index (χ0v) is 10.5. The van der Waals surface area contributed by atoms with Gasteiger partial charge in [-0.1, -0.05) is 0 Å². The van der Waals surface area contributed by atoms with E-state index in [9.17, 15) is 9.18 Å². The molecular weight excluding hydrogens is 223 g/mol. The first kappa shape index (κ1) is 13.6. The molecule has 0 aliphatic carbocycles. The summed E-state index contributed by atoms with van der Waals surface area (Å²) in [4.78, 5) is 18.9. The molecule has 1 rings (SSSR count). The largest absolute Gasteiger partial charge is 0.392 e. The summed E-state index contributed by atoms with van der Waals surface area (Å²) in [5, 5.41) is 0.